The van der Waals surface area contributed by atoms with Crippen molar-refractivity contribution >= 4 is 39.8 Å². The first-order chi connectivity index (χ1) is 17.7. The summed E-state index contributed by atoms with van der Waals surface area (Å²) in [4.78, 5) is 26.4. The summed E-state index contributed by atoms with van der Waals surface area (Å²) >= 11 is 0. The molecule has 2 N–H and O–H groups in total. The summed E-state index contributed by atoms with van der Waals surface area (Å²) in [5, 5.41) is 4.43. The van der Waals surface area contributed by atoms with E-state index in [9.17, 15) is 9.18 Å². The molecule has 0 radical (unpaired) electrons. The highest BCUT2D eigenvalue weighted by molar-refractivity contribution is 5.94. The van der Waals surface area contributed by atoms with E-state index in [1.807, 2.05) is 32.9 Å². The van der Waals surface area contributed by atoms with Crippen LogP contribution in [-0.2, 0) is 4.74 Å². The molecule has 1 aromatic carbocycles. The SMILES string of the molecule is CN1CCN(c2cc(Nc3ccnc4[nH]c(C5=CCN(C(=O)OC(C)(C)C)CC5)cc34)ccc2F)CC1. The summed E-state index contributed by atoms with van der Waals surface area (Å²) in [6, 6.07) is 9.20. The Morgan fingerprint density at radius 3 is 2.59 bits per heavy atom. The normalized spacial score (nSPS) is 17.2. The van der Waals surface area contributed by atoms with Crippen LogP contribution >= 0.6 is 0 Å². The van der Waals surface area contributed by atoms with Gasteiger partial charge >= 0.3 is 6.09 Å². The molecule has 1 fully saturated rings. The smallest absolute Gasteiger partial charge is 0.410 e. The van der Waals surface area contributed by atoms with Crippen molar-refractivity contribution in [1.82, 2.24) is 19.8 Å². The van der Waals surface area contributed by atoms with Crippen molar-refractivity contribution in [3.8, 4) is 0 Å². The van der Waals surface area contributed by atoms with Gasteiger partial charge in [0.25, 0.3) is 0 Å². The van der Waals surface area contributed by atoms with Crippen LogP contribution in [0.4, 0.5) is 26.2 Å². The number of hydrogen-bond donors (Lipinski definition) is 2. The van der Waals surface area contributed by atoms with Gasteiger partial charge in [0.1, 0.15) is 17.1 Å². The molecule has 4 heterocycles. The number of H-pyrrole nitrogens is 1. The lowest BCUT2D eigenvalue weighted by Gasteiger charge is -2.34. The number of rotatable bonds is 4. The molecule has 0 saturated carbocycles. The zero-order chi connectivity index (χ0) is 26.2. The number of pyridine rings is 1. The Bertz CT molecular complexity index is 1320. The number of halogens is 1. The highest BCUT2D eigenvalue weighted by Crippen LogP contribution is 2.32. The van der Waals surface area contributed by atoms with Gasteiger partial charge in [0.15, 0.2) is 0 Å². The van der Waals surface area contributed by atoms with Crippen LogP contribution in [0.1, 0.15) is 32.9 Å². The number of nitrogens with one attached hydrogen (secondary N) is 2. The number of aromatic amines is 1. The number of aromatic nitrogens is 2. The number of carbonyl (C=O) groups is 1. The number of nitrogens with zero attached hydrogens (tertiary/aromatic N) is 4. The van der Waals surface area contributed by atoms with Crippen LogP contribution in [0.25, 0.3) is 16.6 Å². The monoisotopic (exact) mass is 506 g/mol. The van der Waals surface area contributed by atoms with Gasteiger partial charge < -0.3 is 29.7 Å². The molecule has 0 aliphatic carbocycles. The first kappa shape index (κ1) is 25.1. The van der Waals surface area contributed by atoms with Gasteiger partial charge in [0.2, 0.25) is 0 Å². The highest BCUT2D eigenvalue weighted by atomic mass is 19.1. The molecule has 0 spiro atoms. The fourth-order valence-electron chi connectivity index (χ4n) is 4.75. The quantitative estimate of drug-likeness (QED) is 0.505. The third-order valence-corrected chi connectivity index (χ3v) is 6.81. The molecular formula is C28H35FN6O2. The Labute approximate surface area is 217 Å². The van der Waals surface area contributed by atoms with Gasteiger partial charge in [-0.25, -0.2) is 14.2 Å². The Morgan fingerprint density at radius 1 is 1.11 bits per heavy atom. The van der Waals surface area contributed by atoms with Crippen molar-refractivity contribution in [3.63, 3.8) is 0 Å². The highest BCUT2D eigenvalue weighted by Gasteiger charge is 2.24. The number of anilines is 3. The lowest BCUT2D eigenvalue weighted by molar-refractivity contribution is 0.0270. The van der Waals surface area contributed by atoms with E-state index in [2.05, 4.69) is 44.3 Å². The Balaban J connectivity index is 1.34. The topological polar surface area (TPSA) is 76.7 Å². The van der Waals surface area contributed by atoms with Gasteiger partial charge in [-0.1, -0.05) is 6.08 Å². The van der Waals surface area contributed by atoms with Crippen LogP contribution in [-0.4, -0.2) is 77.8 Å². The second-order valence-electron chi connectivity index (χ2n) is 10.8. The van der Waals surface area contributed by atoms with E-state index in [0.717, 1.165) is 66.3 Å². The van der Waals surface area contributed by atoms with Gasteiger partial charge in [-0.05, 0) is 70.1 Å². The summed E-state index contributed by atoms with van der Waals surface area (Å²) < 4.78 is 20.2. The molecule has 0 unspecified atom stereocenters. The Kier molecular flexibility index (Phi) is 6.81. The van der Waals surface area contributed by atoms with Crippen LogP contribution in [0.15, 0.2) is 42.6 Å². The average molecular weight is 507 g/mol. The van der Waals surface area contributed by atoms with Crippen LogP contribution in [0.2, 0.25) is 0 Å². The molecule has 0 atom stereocenters. The third kappa shape index (κ3) is 5.72. The molecule has 1 amide bonds. The predicted molar refractivity (Wildman–Crippen MR) is 146 cm³/mol. The number of piperazine rings is 1. The summed E-state index contributed by atoms with van der Waals surface area (Å²) in [7, 11) is 2.09. The molecule has 196 valence electrons. The lowest BCUT2D eigenvalue weighted by atomic mass is 10.0. The van der Waals surface area contributed by atoms with Crippen LogP contribution < -0.4 is 10.2 Å². The number of hydrogen-bond acceptors (Lipinski definition) is 6. The molecular weight excluding hydrogens is 471 g/mol. The van der Waals surface area contributed by atoms with Crippen molar-refractivity contribution in [3.05, 3.63) is 54.1 Å². The standard InChI is InChI=1S/C28H35FN6O2/c1-28(2,3)37-27(36)35-11-8-19(9-12-35)24-18-21-23(7-10-30-26(21)32-24)31-20-5-6-22(29)25(17-20)34-15-13-33(4)14-16-34/h5-8,10,17-18H,9,11-16H2,1-4H3,(H2,30,31,32). The van der Waals surface area contributed by atoms with E-state index < -0.39 is 5.60 Å². The molecule has 1 saturated heterocycles. The van der Waals surface area contributed by atoms with Gasteiger partial charge in [0, 0.05) is 62.2 Å². The molecule has 2 aliphatic rings. The van der Waals surface area contributed by atoms with E-state index >= 15 is 0 Å². The van der Waals surface area contributed by atoms with E-state index in [1.54, 1.807) is 17.2 Å². The number of fused-ring (bicyclic) bond motifs is 1. The first-order valence-electron chi connectivity index (χ1n) is 12.8. The van der Waals surface area contributed by atoms with Crippen molar-refractivity contribution in [2.45, 2.75) is 32.8 Å². The van der Waals surface area contributed by atoms with Crippen molar-refractivity contribution in [2.24, 2.45) is 0 Å². The number of carbonyl (C=O) groups excluding carboxylic acids is 1. The van der Waals surface area contributed by atoms with Crippen molar-refractivity contribution in [1.29, 1.82) is 0 Å². The largest absolute Gasteiger partial charge is 0.444 e. The van der Waals surface area contributed by atoms with E-state index in [1.165, 1.54) is 6.07 Å². The minimum Gasteiger partial charge on any atom is -0.444 e. The van der Waals surface area contributed by atoms with Gasteiger partial charge in [-0.2, -0.15) is 0 Å². The molecule has 9 heteroatoms. The predicted octanol–water partition coefficient (Wildman–Crippen LogP) is 5.22. The zero-order valence-electron chi connectivity index (χ0n) is 22.0. The van der Waals surface area contributed by atoms with Crippen molar-refractivity contribution in [2.75, 3.05) is 56.5 Å². The molecule has 5 rings (SSSR count). The fourth-order valence-corrected chi connectivity index (χ4v) is 4.75. The summed E-state index contributed by atoms with van der Waals surface area (Å²) in [6.45, 7) is 10.2. The molecule has 3 aromatic rings. The lowest BCUT2D eigenvalue weighted by Crippen LogP contribution is -2.44. The maximum absolute atomic E-state index is 14.7. The number of amides is 1. The summed E-state index contributed by atoms with van der Waals surface area (Å²) in [5.74, 6) is -0.205. The molecule has 37 heavy (non-hydrogen) atoms. The molecule has 8 nitrogen and oxygen atoms in total. The number of likely N-dealkylation sites (N-methyl/N-ethyl adjacent to an activating group) is 1. The average Bonchev–Trinajstić information content (AvgIpc) is 3.30. The zero-order valence-corrected chi connectivity index (χ0v) is 22.0. The Hall–Kier alpha value is -3.59. The van der Waals surface area contributed by atoms with Gasteiger partial charge in [-0.15, -0.1) is 0 Å². The second kappa shape index (κ2) is 10.0. The van der Waals surface area contributed by atoms with Gasteiger partial charge in [-0.3, -0.25) is 0 Å². The number of benzene rings is 1. The summed E-state index contributed by atoms with van der Waals surface area (Å²) in [6.07, 6.45) is 4.26. The Morgan fingerprint density at radius 2 is 1.89 bits per heavy atom. The minimum absolute atomic E-state index is 0.205. The molecule has 0 bridgehead atoms. The third-order valence-electron chi connectivity index (χ3n) is 6.81. The fraction of sp³-hybridized carbons (Fsp3) is 0.429. The van der Waals surface area contributed by atoms with E-state index in [4.69, 9.17) is 4.74 Å². The molecule has 2 aromatic heterocycles. The first-order valence-corrected chi connectivity index (χ1v) is 12.8. The van der Waals surface area contributed by atoms with Crippen LogP contribution in [0, 0.1) is 5.82 Å². The maximum Gasteiger partial charge on any atom is 0.410 e. The summed E-state index contributed by atoms with van der Waals surface area (Å²) in [5.41, 5.74) is 4.74. The second-order valence-corrected chi connectivity index (χ2v) is 10.8. The van der Waals surface area contributed by atoms with Crippen LogP contribution in [0.5, 0.6) is 0 Å². The minimum atomic E-state index is -0.511. The van der Waals surface area contributed by atoms with Gasteiger partial charge in [0.05, 0.1) is 11.4 Å². The van der Waals surface area contributed by atoms with Crippen molar-refractivity contribution < 1.29 is 13.9 Å². The number of ether oxygens (including phenoxy) is 1. The van der Waals surface area contributed by atoms with Crippen LogP contribution in [0.3, 0.4) is 0 Å². The van der Waals surface area contributed by atoms with E-state index in [0.29, 0.717) is 18.8 Å². The van der Waals surface area contributed by atoms with E-state index in [-0.39, 0.29) is 11.9 Å². The molecule has 2 aliphatic heterocycles. The maximum atomic E-state index is 14.7.